The number of carbonyl (C=O) groups is 1. The Balaban J connectivity index is 2.63. The van der Waals surface area contributed by atoms with E-state index in [1.54, 1.807) is 26.1 Å². The molecule has 0 saturated carbocycles. The number of sulfone groups is 1. The van der Waals surface area contributed by atoms with Crippen LogP contribution in [0.2, 0.25) is 0 Å². The molecule has 1 heterocycles. The number of anilines is 1. The fraction of sp³-hybridized carbons (Fsp3) is 0.417. The second-order valence-electron chi connectivity index (χ2n) is 4.64. The highest BCUT2D eigenvalue weighted by Crippen LogP contribution is 2.38. The molecule has 0 spiro atoms. The number of carboxylic acids is 1. The lowest BCUT2D eigenvalue weighted by molar-refractivity contribution is -0.137. The molecule has 1 aromatic rings. The number of fused-ring (bicyclic) bond motifs is 1. The average molecular weight is 348 g/mol. The van der Waals surface area contributed by atoms with Crippen molar-refractivity contribution in [1.29, 1.82) is 0 Å². The summed E-state index contributed by atoms with van der Waals surface area (Å²) in [6, 6.07) is 4.65. The third-order valence-corrected chi connectivity index (χ3v) is 6.32. The number of aliphatic carboxylic acids is 1. The molecule has 1 aliphatic rings. The van der Waals surface area contributed by atoms with Gasteiger partial charge in [-0.2, -0.15) is 0 Å². The van der Waals surface area contributed by atoms with E-state index in [-0.39, 0.29) is 17.4 Å². The van der Waals surface area contributed by atoms with Gasteiger partial charge in [0.1, 0.15) is 0 Å². The first-order chi connectivity index (χ1) is 8.75. The molecule has 0 aromatic heterocycles. The highest BCUT2D eigenvalue weighted by Gasteiger charge is 2.42. The zero-order valence-corrected chi connectivity index (χ0v) is 12.9. The van der Waals surface area contributed by atoms with Crippen LogP contribution in [-0.2, 0) is 14.6 Å². The molecule has 19 heavy (non-hydrogen) atoms. The molecular formula is C12H14BrNO4S. The Kier molecular flexibility index (Phi) is 3.61. The standard InChI is InChI=1S/C12H14BrNO4S/c1-7-10(6-12(15)16)19(17,18)11-5-8(13)3-4-9(11)14(7)2/h3-5,7,10H,6H2,1-2H3,(H,15,16). The maximum absolute atomic E-state index is 12.5. The van der Waals surface area contributed by atoms with E-state index in [1.165, 1.54) is 6.07 Å². The van der Waals surface area contributed by atoms with Crippen LogP contribution in [-0.4, -0.2) is 37.8 Å². The average Bonchev–Trinajstić information content (AvgIpc) is 2.32. The molecule has 1 aliphatic heterocycles. The Morgan fingerprint density at radius 1 is 1.47 bits per heavy atom. The number of halogens is 1. The van der Waals surface area contributed by atoms with Crippen LogP contribution < -0.4 is 4.90 Å². The van der Waals surface area contributed by atoms with Gasteiger partial charge in [-0.25, -0.2) is 8.42 Å². The fourth-order valence-corrected chi connectivity index (χ4v) is 5.05. The Bertz CT molecular complexity index is 629. The van der Waals surface area contributed by atoms with Gasteiger partial charge in [0.05, 0.1) is 22.3 Å². The van der Waals surface area contributed by atoms with E-state index < -0.39 is 21.1 Å². The number of hydrogen-bond acceptors (Lipinski definition) is 4. The van der Waals surface area contributed by atoms with Gasteiger partial charge in [-0.05, 0) is 25.1 Å². The zero-order chi connectivity index (χ0) is 14.4. The lowest BCUT2D eigenvalue weighted by Gasteiger charge is -2.38. The van der Waals surface area contributed by atoms with Crippen LogP contribution >= 0.6 is 15.9 Å². The quantitative estimate of drug-likeness (QED) is 0.884. The van der Waals surface area contributed by atoms with Crippen molar-refractivity contribution in [3.8, 4) is 0 Å². The molecule has 7 heteroatoms. The van der Waals surface area contributed by atoms with Gasteiger partial charge in [0.2, 0.25) is 0 Å². The first kappa shape index (κ1) is 14.3. The zero-order valence-electron chi connectivity index (χ0n) is 10.5. The van der Waals surface area contributed by atoms with Crippen molar-refractivity contribution in [1.82, 2.24) is 0 Å². The topological polar surface area (TPSA) is 74.7 Å². The number of hydrogen-bond donors (Lipinski definition) is 1. The summed E-state index contributed by atoms with van der Waals surface area (Å²) in [7, 11) is -1.86. The molecule has 2 unspecified atom stereocenters. The lowest BCUT2D eigenvalue weighted by atomic mass is 10.1. The third-order valence-electron chi connectivity index (χ3n) is 3.53. The second-order valence-corrected chi connectivity index (χ2v) is 7.70. The maximum Gasteiger partial charge on any atom is 0.304 e. The summed E-state index contributed by atoms with van der Waals surface area (Å²) >= 11 is 3.25. The van der Waals surface area contributed by atoms with E-state index in [2.05, 4.69) is 15.9 Å². The molecule has 0 amide bonds. The monoisotopic (exact) mass is 347 g/mol. The molecule has 0 bridgehead atoms. The van der Waals surface area contributed by atoms with Crippen LogP contribution in [0.25, 0.3) is 0 Å². The molecule has 0 fully saturated rings. The van der Waals surface area contributed by atoms with Crippen LogP contribution in [0.15, 0.2) is 27.6 Å². The van der Waals surface area contributed by atoms with Crippen LogP contribution in [0.3, 0.4) is 0 Å². The third kappa shape index (κ3) is 2.36. The molecule has 0 aliphatic carbocycles. The van der Waals surface area contributed by atoms with Gasteiger partial charge < -0.3 is 10.0 Å². The normalized spacial score (nSPS) is 24.9. The van der Waals surface area contributed by atoms with Crippen molar-refractivity contribution in [3.05, 3.63) is 22.7 Å². The van der Waals surface area contributed by atoms with Crippen LogP contribution in [0, 0.1) is 0 Å². The summed E-state index contributed by atoms with van der Waals surface area (Å²) in [6.07, 6.45) is -0.389. The lowest BCUT2D eigenvalue weighted by Crippen LogP contribution is -2.48. The van der Waals surface area contributed by atoms with Crippen LogP contribution in [0.4, 0.5) is 5.69 Å². The fourth-order valence-electron chi connectivity index (χ4n) is 2.35. The second kappa shape index (κ2) is 4.79. The van der Waals surface area contributed by atoms with Gasteiger partial charge in [-0.3, -0.25) is 4.79 Å². The van der Waals surface area contributed by atoms with E-state index in [0.29, 0.717) is 10.2 Å². The largest absolute Gasteiger partial charge is 0.481 e. The van der Waals surface area contributed by atoms with Crippen molar-refractivity contribution >= 4 is 37.4 Å². The van der Waals surface area contributed by atoms with Crippen LogP contribution in [0.5, 0.6) is 0 Å². The molecule has 0 radical (unpaired) electrons. The first-order valence-corrected chi connectivity index (χ1v) is 8.07. The Hall–Kier alpha value is -1.08. The van der Waals surface area contributed by atoms with E-state index in [4.69, 9.17) is 5.11 Å². The van der Waals surface area contributed by atoms with Crippen molar-refractivity contribution in [2.75, 3.05) is 11.9 Å². The number of rotatable bonds is 2. The summed E-state index contributed by atoms with van der Waals surface area (Å²) < 4.78 is 25.7. The smallest absolute Gasteiger partial charge is 0.304 e. The van der Waals surface area contributed by atoms with Crippen LogP contribution in [0.1, 0.15) is 13.3 Å². The van der Waals surface area contributed by atoms with E-state index in [0.717, 1.165) is 0 Å². The molecule has 5 nitrogen and oxygen atoms in total. The van der Waals surface area contributed by atoms with E-state index in [9.17, 15) is 13.2 Å². The predicted molar refractivity (Wildman–Crippen MR) is 75.2 cm³/mol. The van der Waals surface area contributed by atoms with Gasteiger partial charge in [0, 0.05) is 17.6 Å². The Morgan fingerprint density at radius 2 is 2.11 bits per heavy atom. The highest BCUT2D eigenvalue weighted by atomic mass is 79.9. The molecule has 104 valence electrons. The van der Waals surface area contributed by atoms with Gasteiger partial charge in [0.25, 0.3) is 0 Å². The molecule has 2 atom stereocenters. The van der Waals surface area contributed by atoms with Gasteiger partial charge in [-0.15, -0.1) is 0 Å². The van der Waals surface area contributed by atoms with Crippen molar-refractivity contribution < 1.29 is 18.3 Å². The van der Waals surface area contributed by atoms with Crippen molar-refractivity contribution in [2.24, 2.45) is 0 Å². The number of benzene rings is 1. The highest BCUT2D eigenvalue weighted by molar-refractivity contribution is 9.10. The minimum atomic E-state index is -3.64. The Labute approximate surface area is 120 Å². The molecule has 1 N–H and O–H groups in total. The molecule has 0 saturated heterocycles. The van der Waals surface area contributed by atoms with E-state index in [1.807, 2.05) is 4.90 Å². The number of nitrogens with zero attached hydrogens (tertiary/aromatic N) is 1. The number of carboxylic acid groups (broad SMARTS) is 1. The molecule has 1 aromatic carbocycles. The summed E-state index contributed by atoms with van der Waals surface area (Å²) in [5.41, 5.74) is 0.609. The maximum atomic E-state index is 12.5. The minimum Gasteiger partial charge on any atom is -0.481 e. The SMILES string of the molecule is CC1C(CC(=O)O)S(=O)(=O)c2cc(Br)ccc2N1C. The van der Waals surface area contributed by atoms with Crippen molar-refractivity contribution in [3.63, 3.8) is 0 Å². The van der Waals surface area contributed by atoms with Gasteiger partial charge in [0.15, 0.2) is 9.84 Å². The molecule has 2 rings (SSSR count). The summed E-state index contributed by atoms with van der Waals surface area (Å²) in [4.78, 5) is 12.9. The van der Waals surface area contributed by atoms with Crippen molar-refractivity contribution in [2.45, 2.75) is 29.5 Å². The minimum absolute atomic E-state index is 0.189. The first-order valence-electron chi connectivity index (χ1n) is 5.73. The van der Waals surface area contributed by atoms with Gasteiger partial charge >= 0.3 is 5.97 Å². The summed E-state index contributed by atoms with van der Waals surface area (Å²) in [6.45, 7) is 1.73. The Morgan fingerprint density at radius 3 is 2.68 bits per heavy atom. The predicted octanol–water partition coefficient (Wildman–Crippen LogP) is 1.90. The summed E-state index contributed by atoms with van der Waals surface area (Å²) in [5, 5.41) is 7.98. The van der Waals surface area contributed by atoms with Gasteiger partial charge in [-0.1, -0.05) is 15.9 Å². The molecular weight excluding hydrogens is 334 g/mol. The summed E-state index contributed by atoms with van der Waals surface area (Å²) in [5.74, 6) is -1.10. The van der Waals surface area contributed by atoms with E-state index >= 15 is 0 Å².